The summed E-state index contributed by atoms with van der Waals surface area (Å²) in [6, 6.07) is 6.07. The Hall–Kier alpha value is -1.66. The predicted molar refractivity (Wildman–Crippen MR) is 98.2 cm³/mol. The molecule has 0 aliphatic carbocycles. The molecule has 3 heteroatoms. The first-order valence-electron chi connectivity index (χ1n) is 7.62. The van der Waals surface area contributed by atoms with Crippen molar-refractivity contribution in [3.8, 4) is 17.4 Å². The molecule has 1 aromatic heterocycles. The first-order chi connectivity index (χ1) is 10.4. The normalized spacial score (nSPS) is 12.2. The number of methoxy groups -OCH3 is 1. The number of terminal acetylenes is 1. The lowest BCUT2D eigenvalue weighted by Gasteiger charge is -2.30. The van der Waals surface area contributed by atoms with Crippen LogP contribution in [0.25, 0.3) is 10.9 Å². The van der Waals surface area contributed by atoms with E-state index in [1.165, 1.54) is 16.9 Å². The number of benzene rings is 1. The zero-order valence-corrected chi connectivity index (χ0v) is 15.0. The van der Waals surface area contributed by atoms with Crippen LogP contribution in [0.3, 0.4) is 0 Å². The number of aromatic nitrogens is 1. The second kappa shape index (κ2) is 6.62. The Morgan fingerprint density at radius 3 is 2.64 bits per heavy atom. The van der Waals surface area contributed by atoms with Crippen LogP contribution >= 0.6 is 10.0 Å². The Bertz CT molecular complexity index is 728. The monoisotopic (exact) mass is 315 g/mol. The zero-order chi connectivity index (χ0) is 16.3. The maximum Gasteiger partial charge on any atom is 0.119 e. The smallest absolute Gasteiger partial charge is 0.119 e. The molecule has 0 unspecified atom stereocenters. The minimum atomic E-state index is -1.30. The van der Waals surface area contributed by atoms with Gasteiger partial charge in [0.05, 0.1) is 12.6 Å². The van der Waals surface area contributed by atoms with Gasteiger partial charge in [-0.25, -0.2) is 0 Å². The average molecular weight is 315 g/mol. The number of rotatable bonds is 5. The van der Waals surface area contributed by atoms with Crippen molar-refractivity contribution in [2.75, 3.05) is 19.6 Å². The van der Waals surface area contributed by atoms with E-state index < -0.39 is 10.0 Å². The fraction of sp³-hybridized carbons (Fsp3) is 0.421. The summed E-state index contributed by atoms with van der Waals surface area (Å²) < 4.78 is 5.40. The van der Waals surface area contributed by atoms with Gasteiger partial charge in [-0.05, 0) is 56.0 Å². The van der Waals surface area contributed by atoms with Gasteiger partial charge in [-0.2, -0.15) is 10.0 Å². The lowest BCUT2D eigenvalue weighted by molar-refractivity contribution is 0.415. The van der Waals surface area contributed by atoms with E-state index in [1.807, 2.05) is 12.1 Å². The highest BCUT2D eigenvalue weighted by atomic mass is 32.3. The van der Waals surface area contributed by atoms with Crippen LogP contribution in [-0.4, -0.2) is 24.6 Å². The number of ether oxygens (including phenoxy) is 1. The summed E-state index contributed by atoms with van der Waals surface area (Å²) in [6.45, 7) is 4.32. The van der Waals surface area contributed by atoms with E-state index in [1.54, 1.807) is 7.11 Å². The Morgan fingerprint density at radius 1 is 1.32 bits per heavy atom. The summed E-state index contributed by atoms with van der Waals surface area (Å²) in [7, 11) is 0.393. The Balaban J connectivity index is 2.83. The molecule has 0 saturated carbocycles. The molecule has 0 aliphatic heterocycles. The third-order valence-electron chi connectivity index (χ3n) is 4.03. The van der Waals surface area contributed by atoms with Crippen LogP contribution in [-0.2, 0) is 6.42 Å². The van der Waals surface area contributed by atoms with Gasteiger partial charge in [-0.15, -0.1) is 6.42 Å². The number of unbranched alkanes of at least 4 members (excludes halogenated alkanes) is 1. The quantitative estimate of drug-likeness (QED) is 0.732. The summed E-state index contributed by atoms with van der Waals surface area (Å²) in [5, 5.41) is 4.19. The van der Waals surface area contributed by atoms with Gasteiger partial charge < -0.3 is 4.74 Å². The lowest BCUT2D eigenvalue weighted by atomic mass is 10.0. The highest BCUT2D eigenvalue weighted by molar-refractivity contribution is 8.36. The SMILES string of the molecule is C#CS(C)(C)c1c(CCCC)c(C)nc2ccc(OC)cc12. The fourth-order valence-corrected chi connectivity index (χ4v) is 4.48. The van der Waals surface area contributed by atoms with Crippen LogP contribution < -0.4 is 4.74 Å². The van der Waals surface area contributed by atoms with Crippen molar-refractivity contribution in [2.45, 2.75) is 38.0 Å². The van der Waals surface area contributed by atoms with E-state index in [0.717, 1.165) is 35.2 Å². The maximum absolute atomic E-state index is 5.88. The second-order valence-corrected chi connectivity index (χ2v) is 9.23. The van der Waals surface area contributed by atoms with Gasteiger partial charge in [0, 0.05) is 16.0 Å². The van der Waals surface area contributed by atoms with E-state index in [9.17, 15) is 0 Å². The molecule has 0 fully saturated rings. The molecule has 1 aromatic carbocycles. The van der Waals surface area contributed by atoms with Gasteiger partial charge in [0.2, 0.25) is 0 Å². The van der Waals surface area contributed by atoms with Gasteiger partial charge >= 0.3 is 0 Å². The van der Waals surface area contributed by atoms with Gasteiger partial charge in [-0.1, -0.05) is 18.6 Å². The minimum absolute atomic E-state index is 0.855. The number of hydrogen-bond donors (Lipinski definition) is 0. The molecular weight excluding hydrogens is 290 g/mol. The van der Waals surface area contributed by atoms with Crippen LogP contribution in [0.1, 0.15) is 31.0 Å². The lowest BCUT2D eigenvalue weighted by Crippen LogP contribution is -2.05. The van der Waals surface area contributed by atoms with E-state index in [0.29, 0.717) is 0 Å². The topological polar surface area (TPSA) is 22.1 Å². The minimum Gasteiger partial charge on any atom is -0.497 e. The summed E-state index contributed by atoms with van der Waals surface area (Å²) in [6.07, 6.45) is 13.6. The first kappa shape index (κ1) is 16.7. The molecular formula is C19H25NOS. The Morgan fingerprint density at radius 2 is 2.05 bits per heavy atom. The van der Waals surface area contributed by atoms with Crippen molar-refractivity contribution in [3.05, 3.63) is 29.5 Å². The molecule has 0 bridgehead atoms. The molecule has 22 heavy (non-hydrogen) atoms. The third-order valence-corrected chi connectivity index (χ3v) is 6.11. The van der Waals surface area contributed by atoms with E-state index in [4.69, 9.17) is 16.1 Å². The zero-order valence-electron chi connectivity index (χ0n) is 14.2. The number of hydrogen-bond acceptors (Lipinski definition) is 2. The molecule has 1 heterocycles. The van der Waals surface area contributed by atoms with Crippen molar-refractivity contribution in [1.82, 2.24) is 4.98 Å². The molecule has 2 aromatic rings. The molecule has 0 atom stereocenters. The van der Waals surface area contributed by atoms with Gasteiger partial charge in [0.1, 0.15) is 5.75 Å². The molecule has 0 saturated heterocycles. The highest BCUT2D eigenvalue weighted by Gasteiger charge is 2.22. The summed E-state index contributed by atoms with van der Waals surface area (Å²) in [4.78, 5) is 6.11. The van der Waals surface area contributed by atoms with Crippen molar-refractivity contribution in [2.24, 2.45) is 0 Å². The largest absolute Gasteiger partial charge is 0.497 e. The van der Waals surface area contributed by atoms with Crippen LogP contribution in [0.5, 0.6) is 5.75 Å². The second-order valence-electron chi connectivity index (χ2n) is 5.94. The van der Waals surface area contributed by atoms with Gasteiger partial charge in [0.25, 0.3) is 0 Å². The standard InChI is InChI=1S/C19H25NOS/c1-7-9-10-16-14(3)20-18-12-11-15(21-4)13-17(18)19(16)22(5,6)8-2/h2,11-13H,7,9-10H2,1,3-6H3. The molecule has 0 aliphatic rings. The Labute approximate surface area is 135 Å². The van der Waals surface area contributed by atoms with Crippen LogP contribution in [0.2, 0.25) is 0 Å². The number of aryl methyl sites for hydroxylation is 1. The van der Waals surface area contributed by atoms with E-state index >= 15 is 0 Å². The summed E-state index contributed by atoms with van der Waals surface area (Å²) >= 11 is 0. The van der Waals surface area contributed by atoms with Crippen LogP contribution in [0, 0.1) is 18.6 Å². The maximum atomic E-state index is 5.88. The number of nitrogens with zero attached hydrogens (tertiary/aromatic N) is 1. The Kier molecular flexibility index (Phi) is 5.03. The number of pyridine rings is 1. The van der Waals surface area contributed by atoms with Crippen molar-refractivity contribution in [3.63, 3.8) is 0 Å². The molecule has 2 nitrogen and oxygen atoms in total. The van der Waals surface area contributed by atoms with Crippen LogP contribution in [0.4, 0.5) is 0 Å². The predicted octanol–water partition coefficient (Wildman–Crippen LogP) is 4.91. The average Bonchev–Trinajstić information content (AvgIpc) is 2.51. The summed E-state index contributed by atoms with van der Waals surface area (Å²) in [5.74, 6) is 0.855. The molecule has 0 radical (unpaired) electrons. The van der Waals surface area contributed by atoms with E-state index in [-0.39, 0.29) is 0 Å². The van der Waals surface area contributed by atoms with E-state index in [2.05, 4.69) is 37.7 Å². The molecule has 0 amide bonds. The molecule has 2 rings (SSSR count). The number of fused-ring (bicyclic) bond motifs is 1. The third kappa shape index (κ3) is 3.08. The fourth-order valence-electron chi connectivity index (χ4n) is 2.79. The van der Waals surface area contributed by atoms with Crippen LogP contribution in [0.15, 0.2) is 23.1 Å². The molecule has 0 spiro atoms. The van der Waals surface area contributed by atoms with Crippen molar-refractivity contribution in [1.29, 1.82) is 0 Å². The van der Waals surface area contributed by atoms with Gasteiger partial charge in [-0.3, -0.25) is 4.98 Å². The van der Waals surface area contributed by atoms with Gasteiger partial charge in [0.15, 0.2) is 0 Å². The molecule has 0 N–H and O–H groups in total. The first-order valence-corrected chi connectivity index (χ1v) is 10.1. The molecule has 118 valence electrons. The van der Waals surface area contributed by atoms with Crippen molar-refractivity contribution >= 4 is 20.9 Å². The van der Waals surface area contributed by atoms with Crippen molar-refractivity contribution < 1.29 is 4.74 Å². The highest BCUT2D eigenvalue weighted by Crippen LogP contribution is 2.53. The summed E-state index contributed by atoms with van der Waals surface area (Å²) in [5.41, 5.74) is 3.45.